The predicted molar refractivity (Wildman–Crippen MR) is 75.9 cm³/mol. The fourth-order valence-electron chi connectivity index (χ4n) is 1.55. The Bertz CT molecular complexity index is 569. The summed E-state index contributed by atoms with van der Waals surface area (Å²) >= 11 is 4.87. The summed E-state index contributed by atoms with van der Waals surface area (Å²) in [4.78, 5) is 12.7. The van der Waals surface area contributed by atoms with Crippen molar-refractivity contribution >= 4 is 33.2 Å². The maximum absolute atomic E-state index is 12.0. The lowest BCUT2D eigenvalue weighted by atomic mass is 10.2. The third-order valence-corrected chi connectivity index (χ3v) is 4.99. The van der Waals surface area contributed by atoms with E-state index in [9.17, 15) is 4.79 Å². The quantitative estimate of drug-likeness (QED) is 0.942. The van der Waals surface area contributed by atoms with Crippen LogP contribution in [0.3, 0.4) is 0 Å². The molecule has 0 aliphatic rings. The number of hydrogen-bond donors (Lipinski definition) is 1. The van der Waals surface area contributed by atoms with Crippen LogP contribution < -0.4 is 5.32 Å². The summed E-state index contributed by atoms with van der Waals surface area (Å²) in [6, 6.07) is 1.89. The highest BCUT2D eigenvalue weighted by Crippen LogP contribution is 2.27. The lowest BCUT2D eigenvalue weighted by Gasteiger charge is -2.03. The maximum Gasteiger partial charge on any atom is 0.261 e. The molecule has 0 spiro atoms. The fraction of sp³-hybridized carbons (Fsp3) is 0.333. The topological polar surface area (TPSA) is 46.9 Å². The standard InChI is InChI=1S/C12H14BrN3OS/c1-7-4-10(18-11(7)13)12(17)14-5-9-6-15-16(3)8(9)2/h4,6H,5H2,1-3H3,(H,14,17). The lowest BCUT2D eigenvalue weighted by molar-refractivity contribution is 0.0955. The van der Waals surface area contributed by atoms with Crippen LogP contribution in [0.5, 0.6) is 0 Å². The van der Waals surface area contributed by atoms with E-state index in [1.165, 1.54) is 11.3 Å². The second-order valence-corrected chi connectivity index (χ2v) is 6.50. The fourth-order valence-corrected chi connectivity index (χ4v) is 3.00. The minimum absolute atomic E-state index is 0.0444. The number of thiophene rings is 1. The first-order valence-corrected chi connectivity index (χ1v) is 7.11. The van der Waals surface area contributed by atoms with Crippen molar-refractivity contribution in [3.8, 4) is 0 Å². The van der Waals surface area contributed by atoms with E-state index in [4.69, 9.17) is 0 Å². The van der Waals surface area contributed by atoms with Crippen molar-refractivity contribution in [3.63, 3.8) is 0 Å². The molecule has 1 amide bonds. The molecule has 1 N–H and O–H groups in total. The minimum atomic E-state index is -0.0444. The van der Waals surface area contributed by atoms with E-state index in [-0.39, 0.29) is 5.91 Å². The van der Waals surface area contributed by atoms with Crippen molar-refractivity contribution < 1.29 is 4.79 Å². The second-order valence-electron chi connectivity index (χ2n) is 4.13. The molecular weight excluding hydrogens is 314 g/mol. The summed E-state index contributed by atoms with van der Waals surface area (Å²) in [5, 5.41) is 7.05. The van der Waals surface area contributed by atoms with Crippen LogP contribution in [0.15, 0.2) is 16.0 Å². The molecule has 0 aliphatic heterocycles. The number of hydrogen-bond acceptors (Lipinski definition) is 3. The number of amides is 1. The summed E-state index contributed by atoms with van der Waals surface area (Å²) in [5.41, 5.74) is 3.19. The van der Waals surface area contributed by atoms with Crippen molar-refractivity contribution in [3.05, 3.63) is 37.7 Å². The van der Waals surface area contributed by atoms with Crippen LogP contribution in [-0.2, 0) is 13.6 Å². The molecule has 4 nitrogen and oxygen atoms in total. The molecule has 2 rings (SSSR count). The van der Waals surface area contributed by atoms with Gasteiger partial charge in [0.25, 0.3) is 5.91 Å². The SMILES string of the molecule is Cc1cc(C(=O)NCc2cnn(C)c2C)sc1Br. The monoisotopic (exact) mass is 327 g/mol. The summed E-state index contributed by atoms with van der Waals surface area (Å²) in [6.07, 6.45) is 1.78. The van der Waals surface area contributed by atoms with E-state index in [0.717, 1.165) is 25.5 Å². The van der Waals surface area contributed by atoms with Crippen LogP contribution >= 0.6 is 27.3 Å². The van der Waals surface area contributed by atoms with Gasteiger partial charge in [0, 0.05) is 24.8 Å². The number of nitrogens with one attached hydrogen (secondary N) is 1. The van der Waals surface area contributed by atoms with Gasteiger partial charge >= 0.3 is 0 Å². The molecule has 0 atom stereocenters. The van der Waals surface area contributed by atoms with Gasteiger partial charge < -0.3 is 5.32 Å². The Hall–Kier alpha value is -1.14. The van der Waals surface area contributed by atoms with Gasteiger partial charge in [0.1, 0.15) is 0 Å². The Balaban J connectivity index is 2.02. The molecule has 0 radical (unpaired) electrons. The first-order valence-electron chi connectivity index (χ1n) is 5.50. The average molecular weight is 328 g/mol. The Kier molecular flexibility index (Phi) is 3.87. The van der Waals surface area contributed by atoms with Gasteiger partial charge in [-0.3, -0.25) is 9.48 Å². The first kappa shape index (κ1) is 13.3. The van der Waals surface area contributed by atoms with Crippen LogP contribution in [0.25, 0.3) is 0 Å². The van der Waals surface area contributed by atoms with Gasteiger partial charge in [0.05, 0.1) is 14.9 Å². The van der Waals surface area contributed by atoms with Crippen LogP contribution in [0, 0.1) is 13.8 Å². The van der Waals surface area contributed by atoms with Gasteiger partial charge in [0.15, 0.2) is 0 Å². The van der Waals surface area contributed by atoms with Crippen molar-refractivity contribution in [2.45, 2.75) is 20.4 Å². The summed E-state index contributed by atoms with van der Waals surface area (Å²) in [7, 11) is 1.89. The Morgan fingerprint density at radius 3 is 2.78 bits per heavy atom. The largest absolute Gasteiger partial charge is 0.347 e. The normalized spacial score (nSPS) is 10.7. The lowest BCUT2D eigenvalue weighted by Crippen LogP contribution is -2.22. The van der Waals surface area contributed by atoms with Crippen molar-refractivity contribution in [1.29, 1.82) is 0 Å². The Morgan fingerprint density at radius 2 is 2.28 bits per heavy atom. The molecule has 0 saturated heterocycles. The first-order chi connectivity index (χ1) is 8.49. The second kappa shape index (κ2) is 5.24. The minimum Gasteiger partial charge on any atom is -0.347 e. The van der Waals surface area contributed by atoms with Crippen molar-refractivity contribution in [2.75, 3.05) is 0 Å². The highest BCUT2D eigenvalue weighted by atomic mass is 79.9. The van der Waals surface area contributed by atoms with Crippen molar-refractivity contribution in [1.82, 2.24) is 15.1 Å². The van der Waals surface area contributed by atoms with E-state index < -0.39 is 0 Å². The van der Waals surface area contributed by atoms with E-state index in [2.05, 4.69) is 26.3 Å². The van der Waals surface area contributed by atoms with Gasteiger partial charge in [-0.05, 0) is 41.4 Å². The molecule has 2 aromatic heterocycles. The van der Waals surface area contributed by atoms with Crippen LogP contribution in [-0.4, -0.2) is 15.7 Å². The molecule has 0 unspecified atom stereocenters. The van der Waals surface area contributed by atoms with E-state index in [1.54, 1.807) is 10.9 Å². The number of halogens is 1. The molecule has 18 heavy (non-hydrogen) atoms. The average Bonchev–Trinajstić information content (AvgIpc) is 2.83. The molecule has 0 aliphatic carbocycles. The molecule has 6 heteroatoms. The summed E-state index contributed by atoms with van der Waals surface area (Å²) in [5.74, 6) is -0.0444. The Morgan fingerprint density at radius 1 is 1.56 bits per heavy atom. The van der Waals surface area contributed by atoms with Gasteiger partial charge in [-0.2, -0.15) is 5.10 Å². The molecule has 0 fully saturated rings. The zero-order valence-corrected chi connectivity index (χ0v) is 12.9. The maximum atomic E-state index is 12.0. The molecule has 2 heterocycles. The molecule has 0 bridgehead atoms. The van der Waals surface area contributed by atoms with E-state index >= 15 is 0 Å². The number of rotatable bonds is 3. The number of nitrogens with zero attached hydrogens (tertiary/aromatic N) is 2. The number of carbonyl (C=O) groups excluding carboxylic acids is 1. The zero-order valence-electron chi connectivity index (χ0n) is 10.5. The number of aryl methyl sites for hydroxylation is 2. The third-order valence-electron chi connectivity index (χ3n) is 2.86. The van der Waals surface area contributed by atoms with Gasteiger partial charge in [0.2, 0.25) is 0 Å². The molecule has 96 valence electrons. The molecule has 0 saturated carbocycles. The van der Waals surface area contributed by atoms with Gasteiger partial charge in [-0.15, -0.1) is 11.3 Å². The molecular formula is C12H14BrN3OS. The summed E-state index contributed by atoms with van der Waals surface area (Å²) in [6.45, 7) is 4.47. The number of carbonyl (C=O) groups is 1. The number of aromatic nitrogens is 2. The smallest absolute Gasteiger partial charge is 0.261 e. The summed E-state index contributed by atoms with van der Waals surface area (Å²) < 4.78 is 2.80. The zero-order chi connectivity index (χ0) is 13.3. The predicted octanol–water partition coefficient (Wildman–Crippen LogP) is 2.79. The Labute approximate surface area is 118 Å². The highest BCUT2D eigenvalue weighted by molar-refractivity contribution is 9.11. The van der Waals surface area contributed by atoms with E-state index in [0.29, 0.717) is 6.54 Å². The molecule has 0 aromatic carbocycles. The van der Waals surface area contributed by atoms with Gasteiger partial charge in [-0.25, -0.2) is 0 Å². The van der Waals surface area contributed by atoms with E-state index in [1.807, 2.05) is 27.0 Å². The van der Waals surface area contributed by atoms with Crippen LogP contribution in [0.1, 0.15) is 26.5 Å². The van der Waals surface area contributed by atoms with Gasteiger partial charge in [-0.1, -0.05) is 0 Å². The highest BCUT2D eigenvalue weighted by Gasteiger charge is 2.12. The third kappa shape index (κ3) is 2.64. The molecule has 2 aromatic rings. The van der Waals surface area contributed by atoms with Crippen LogP contribution in [0.4, 0.5) is 0 Å². The van der Waals surface area contributed by atoms with Crippen LogP contribution in [0.2, 0.25) is 0 Å². The van der Waals surface area contributed by atoms with Crippen molar-refractivity contribution in [2.24, 2.45) is 7.05 Å².